The standard InChI is InChI=1S/C18H20N4O3/c1-18(2,3)25-17(23)19-12-9-10-22-15(11-12)20-16(21-22)13-7-5-6-8-14(13)24-4/h5-11H,1-4H3,(H,19,23). The molecule has 7 nitrogen and oxygen atoms in total. The van der Waals surface area contributed by atoms with E-state index in [1.807, 2.05) is 45.0 Å². The summed E-state index contributed by atoms with van der Waals surface area (Å²) in [5.74, 6) is 1.25. The molecule has 0 aliphatic rings. The first-order valence-electron chi connectivity index (χ1n) is 7.85. The molecule has 0 atom stereocenters. The normalized spacial score (nSPS) is 11.4. The fraction of sp³-hybridized carbons (Fsp3) is 0.278. The van der Waals surface area contributed by atoms with Crippen LogP contribution in [-0.4, -0.2) is 33.4 Å². The Morgan fingerprint density at radius 2 is 1.96 bits per heavy atom. The lowest BCUT2D eigenvalue weighted by atomic mass is 10.2. The topological polar surface area (TPSA) is 77.8 Å². The number of fused-ring (bicyclic) bond motifs is 1. The molecule has 130 valence electrons. The molecule has 2 aromatic heterocycles. The van der Waals surface area contributed by atoms with E-state index in [9.17, 15) is 4.79 Å². The maximum Gasteiger partial charge on any atom is 0.412 e. The van der Waals surface area contributed by atoms with Gasteiger partial charge in [-0.25, -0.2) is 14.3 Å². The third kappa shape index (κ3) is 3.88. The van der Waals surface area contributed by atoms with Crippen LogP contribution in [0.4, 0.5) is 10.5 Å². The summed E-state index contributed by atoms with van der Waals surface area (Å²) in [5.41, 5.74) is 1.44. The van der Waals surface area contributed by atoms with E-state index < -0.39 is 11.7 Å². The molecule has 3 aromatic rings. The summed E-state index contributed by atoms with van der Waals surface area (Å²) in [4.78, 5) is 16.4. The minimum absolute atomic E-state index is 0.513. The number of ether oxygens (including phenoxy) is 2. The number of hydrogen-bond donors (Lipinski definition) is 1. The van der Waals surface area contributed by atoms with Crippen molar-refractivity contribution in [2.45, 2.75) is 26.4 Å². The van der Waals surface area contributed by atoms with Crippen LogP contribution in [0.3, 0.4) is 0 Å². The van der Waals surface area contributed by atoms with E-state index in [2.05, 4.69) is 15.4 Å². The third-order valence-corrected chi connectivity index (χ3v) is 3.33. The number of rotatable bonds is 3. The van der Waals surface area contributed by atoms with Gasteiger partial charge in [-0.15, -0.1) is 5.10 Å². The summed E-state index contributed by atoms with van der Waals surface area (Å²) in [7, 11) is 1.61. The Morgan fingerprint density at radius 3 is 2.68 bits per heavy atom. The van der Waals surface area contributed by atoms with E-state index in [4.69, 9.17) is 9.47 Å². The van der Waals surface area contributed by atoms with Gasteiger partial charge in [0.05, 0.1) is 12.7 Å². The molecule has 2 heterocycles. The lowest BCUT2D eigenvalue weighted by molar-refractivity contribution is 0.0636. The Bertz CT molecular complexity index is 912. The zero-order valence-electron chi connectivity index (χ0n) is 14.6. The third-order valence-electron chi connectivity index (χ3n) is 3.33. The van der Waals surface area contributed by atoms with E-state index in [0.717, 1.165) is 5.56 Å². The Labute approximate surface area is 145 Å². The number of carbonyl (C=O) groups excluding carboxylic acids is 1. The fourth-order valence-corrected chi connectivity index (χ4v) is 2.32. The highest BCUT2D eigenvalue weighted by atomic mass is 16.6. The molecule has 7 heteroatoms. The van der Waals surface area contributed by atoms with Gasteiger partial charge in [-0.3, -0.25) is 5.32 Å². The lowest BCUT2D eigenvalue weighted by Gasteiger charge is -2.19. The molecular weight excluding hydrogens is 320 g/mol. The van der Waals surface area contributed by atoms with E-state index in [1.54, 1.807) is 30.0 Å². The molecule has 0 unspecified atom stereocenters. The average molecular weight is 340 g/mol. The largest absolute Gasteiger partial charge is 0.496 e. The number of aromatic nitrogens is 3. The predicted molar refractivity (Wildman–Crippen MR) is 94.8 cm³/mol. The summed E-state index contributed by atoms with van der Waals surface area (Å²) >= 11 is 0. The number of methoxy groups -OCH3 is 1. The number of para-hydroxylation sites is 1. The van der Waals surface area contributed by atoms with Crippen molar-refractivity contribution in [3.63, 3.8) is 0 Å². The van der Waals surface area contributed by atoms with Gasteiger partial charge in [0.1, 0.15) is 11.4 Å². The number of amides is 1. The Kier molecular flexibility index (Phi) is 4.31. The van der Waals surface area contributed by atoms with Crippen molar-refractivity contribution in [3.05, 3.63) is 42.6 Å². The van der Waals surface area contributed by atoms with Crippen LogP contribution in [-0.2, 0) is 4.74 Å². The zero-order chi connectivity index (χ0) is 18.0. The second kappa shape index (κ2) is 6.43. The first kappa shape index (κ1) is 16.8. The molecule has 0 fully saturated rings. The summed E-state index contributed by atoms with van der Waals surface area (Å²) in [6.45, 7) is 5.44. The van der Waals surface area contributed by atoms with Crippen LogP contribution in [0.1, 0.15) is 20.8 Å². The Morgan fingerprint density at radius 1 is 1.20 bits per heavy atom. The van der Waals surface area contributed by atoms with Crippen LogP contribution in [0.5, 0.6) is 5.75 Å². The molecule has 3 rings (SSSR count). The van der Waals surface area contributed by atoms with Gasteiger partial charge in [-0.1, -0.05) is 12.1 Å². The summed E-state index contributed by atoms with van der Waals surface area (Å²) in [6, 6.07) is 11.0. The number of carbonyl (C=O) groups is 1. The molecule has 1 amide bonds. The number of benzene rings is 1. The molecule has 0 saturated heterocycles. The molecule has 0 bridgehead atoms. The minimum Gasteiger partial charge on any atom is -0.496 e. The molecule has 0 saturated carbocycles. The predicted octanol–water partition coefficient (Wildman–Crippen LogP) is 3.75. The highest BCUT2D eigenvalue weighted by Crippen LogP contribution is 2.27. The van der Waals surface area contributed by atoms with E-state index in [1.165, 1.54) is 0 Å². The van der Waals surface area contributed by atoms with Gasteiger partial charge >= 0.3 is 6.09 Å². The molecule has 0 radical (unpaired) electrons. The van der Waals surface area contributed by atoms with Crippen LogP contribution in [0.2, 0.25) is 0 Å². The van der Waals surface area contributed by atoms with Crippen LogP contribution in [0, 0.1) is 0 Å². The smallest absolute Gasteiger partial charge is 0.412 e. The zero-order valence-corrected chi connectivity index (χ0v) is 14.6. The average Bonchev–Trinajstić information content (AvgIpc) is 2.96. The first-order chi connectivity index (χ1) is 11.9. The van der Waals surface area contributed by atoms with Gasteiger partial charge < -0.3 is 9.47 Å². The SMILES string of the molecule is COc1ccccc1-c1nc2cc(NC(=O)OC(C)(C)C)ccn2n1. The molecule has 0 aliphatic heterocycles. The van der Waals surface area contributed by atoms with Crippen molar-refractivity contribution >= 4 is 17.4 Å². The number of nitrogens with zero attached hydrogens (tertiary/aromatic N) is 3. The first-order valence-corrected chi connectivity index (χ1v) is 7.85. The van der Waals surface area contributed by atoms with Gasteiger partial charge in [-0.05, 0) is 39.0 Å². The second-order valence-corrected chi connectivity index (χ2v) is 6.48. The molecular formula is C18H20N4O3. The van der Waals surface area contributed by atoms with Gasteiger partial charge in [0.25, 0.3) is 0 Å². The highest BCUT2D eigenvalue weighted by Gasteiger charge is 2.17. The number of nitrogens with one attached hydrogen (secondary N) is 1. The molecule has 25 heavy (non-hydrogen) atoms. The number of hydrogen-bond acceptors (Lipinski definition) is 5. The van der Waals surface area contributed by atoms with Crippen LogP contribution >= 0.6 is 0 Å². The summed E-state index contributed by atoms with van der Waals surface area (Å²) in [6.07, 6.45) is 1.22. The van der Waals surface area contributed by atoms with Crippen LogP contribution < -0.4 is 10.1 Å². The Balaban J connectivity index is 1.88. The van der Waals surface area contributed by atoms with Crippen molar-refractivity contribution in [2.24, 2.45) is 0 Å². The maximum atomic E-state index is 11.9. The minimum atomic E-state index is -0.555. The van der Waals surface area contributed by atoms with Gasteiger partial charge in [-0.2, -0.15) is 0 Å². The summed E-state index contributed by atoms with van der Waals surface area (Å²) < 4.78 is 12.2. The van der Waals surface area contributed by atoms with Crippen LogP contribution in [0.25, 0.3) is 17.0 Å². The van der Waals surface area contributed by atoms with Crippen molar-refractivity contribution in [1.29, 1.82) is 0 Å². The maximum absolute atomic E-state index is 11.9. The lowest BCUT2D eigenvalue weighted by Crippen LogP contribution is -2.27. The Hall–Kier alpha value is -3.09. The van der Waals surface area contributed by atoms with E-state index in [-0.39, 0.29) is 0 Å². The fourth-order valence-electron chi connectivity index (χ4n) is 2.32. The van der Waals surface area contributed by atoms with Crippen molar-refractivity contribution < 1.29 is 14.3 Å². The molecule has 1 N–H and O–H groups in total. The van der Waals surface area contributed by atoms with Gasteiger partial charge in [0, 0.05) is 18.0 Å². The van der Waals surface area contributed by atoms with Crippen molar-refractivity contribution in [1.82, 2.24) is 14.6 Å². The second-order valence-electron chi connectivity index (χ2n) is 6.48. The quantitative estimate of drug-likeness (QED) is 0.785. The van der Waals surface area contributed by atoms with Crippen LogP contribution in [0.15, 0.2) is 42.6 Å². The van der Waals surface area contributed by atoms with E-state index >= 15 is 0 Å². The van der Waals surface area contributed by atoms with Crippen molar-refractivity contribution in [2.75, 3.05) is 12.4 Å². The molecule has 0 aliphatic carbocycles. The van der Waals surface area contributed by atoms with Gasteiger partial charge in [0.2, 0.25) is 0 Å². The number of anilines is 1. The van der Waals surface area contributed by atoms with Gasteiger partial charge in [0.15, 0.2) is 11.5 Å². The monoisotopic (exact) mass is 340 g/mol. The molecule has 0 spiro atoms. The molecule has 1 aromatic carbocycles. The van der Waals surface area contributed by atoms with Crippen molar-refractivity contribution in [3.8, 4) is 17.1 Å². The summed E-state index contributed by atoms with van der Waals surface area (Å²) in [5, 5.41) is 7.15. The highest BCUT2D eigenvalue weighted by molar-refractivity contribution is 5.85. The number of pyridine rings is 1. The van der Waals surface area contributed by atoms with E-state index in [0.29, 0.717) is 22.9 Å².